The van der Waals surface area contributed by atoms with Crippen LogP contribution in [0.25, 0.3) is 0 Å². The number of nitriles is 1. The summed E-state index contributed by atoms with van der Waals surface area (Å²) in [6.07, 6.45) is 9.57. The fourth-order valence-corrected chi connectivity index (χ4v) is 5.03. The van der Waals surface area contributed by atoms with E-state index in [2.05, 4.69) is 28.3 Å². The lowest BCUT2D eigenvalue weighted by molar-refractivity contribution is 0.0754. The minimum atomic E-state index is -0.0481. The van der Waals surface area contributed by atoms with Crippen molar-refractivity contribution in [2.45, 2.75) is 32.7 Å². The Morgan fingerprint density at radius 2 is 2.24 bits per heavy atom. The Balaban J connectivity index is 1.43. The van der Waals surface area contributed by atoms with Crippen molar-refractivity contribution < 1.29 is 9.90 Å². The van der Waals surface area contributed by atoms with Crippen LogP contribution in [-0.4, -0.2) is 65.1 Å². The number of aliphatic hydroxyl groups is 1. The van der Waals surface area contributed by atoms with Gasteiger partial charge in [0.25, 0.3) is 5.91 Å². The number of aliphatic hydroxyl groups excluding tert-OH is 1. The number of hydrazine groups is 1. The summed E-state index contributed by atoms with van der Waals surface area (Å²) >= 11 is 0. The molecule has 2 N–H and O–H groups in total. The van der Waals surface area contributed by atoms with Crippen molar-refractivity contribution in [1.29, 1.82) is 5.26 Å². The van der Waals surface area contributed by atoms with Gasteiger partial charge >= 0.3 is 0 Å². The number of hydrogen-bond acceptors (Lipinski definition) is 7. The molecular formula is C25H32N6O2. The molecule has 1 aromatic rings. The van der Waals surface area contributed by atoms with Crippen LogP contribution < -0.4 is 10.4 Å². The molecule has 33 heavy (non-hydrogen) atoms. The summed E-state index contributed by atoms with van der Waals surface area (Å²) in [6.45, 7) is 7.51. The number of anilines is 1. The Labute approximate surface area is 195 Å². The van der Waals surface area contributed by atoms with Crippen LogP contribution in [0, 0.1) is 23.2 Å². The number of carbonyl (C=O) groups excluding carboxylic acids is 1. The van der Waals surface area contributed by atoms with E-state index < -0.39 is 0 Å². The molecule has 4 rings (SSSR count). The summed E-state index contributed by atoms with van der Waals surface area (Å²) in [7, 11) is 1.84. The third-order valence-electron chi connectivity index (χ3n) is 6.91. The van der Waals surface area contributed by atoms with Crippen molar-refractivity contribution in [3.05, 3.63) is 59.2 Å². The SMILES string of the molecule is CCN1CCCC1CN(C)C(=O)c1ccc(N2NCC(C3C=CC(C#N)=CC3C)=C2O)nc1. The molecular weight excluding hydrogens is 416 g/mol. The van der Waals surface area contributed by atoms with E-state index in [4.69, 9.17) is 5.26 Å². The second-order valence-electron chi connectivity index (χ2n) is 9.01. The van der Waals surface area contributed by atoms with Crippen LogP contribution in [0.3, 0.4) is 0 Å². The largest absolute Gasteiger partial charge is 0.493 e. The zero-order valence-electron chi connectivity index (χ0n) is 19.5. The summed E-state index contributed by atoms with van der Waals surface area (Å²) in [6, 6.07) is 6.08. The van der Waals surface area contributed by atoms with E-state index in [1.54, 1.807) is 34.3 Å². The van der Waals surface area contributed by atoms with Gasteiger partial charge in [0.05, 0.1) is 11.6 Å². The maximum absolute atomic E-state index is 12.9. The molecule has 3 aliphatic rings. The molecule has 1 amide bonds. The zero-order chi connectivity index (χ0) is 23.5. The average molecular weight is 449 g/mol. The van der Waals surface area contributed by atoms with E-state index in [1.165, 1.54) is 6.42 Å². The molecule has 1 saturated heterocycles. The summed E-state index contributed by atoms with van der Waals surface area (Å²) in [4.78, 5) is 21.6. The standard InChI is InChI=1S/C25H32N6O2/c1-4-30-11-5-6-20(30)16-29(3)24(32)19-8-10-23(27-14-19)31-25(33)22(15-28-31)21-9-7-18(13-26)12-17(21)2/h7-10,12,14,17,20-21,28,33H,4-6,11,15-16H2,1-3H3. The van der Waals surface area contributed by atoms with Gasteiger partial charge in [-0.25, -0.2) is 15.4 Å². The third kappa shape index (κ3) is 4.65. The van der Waals surface area contributed by atoms with E-state index in [-0.39, 0.29) is 23.6 Å². The highest BCUT2D eigenvalue weighted by atomic mass is 16.3. The molecule has 3 atom stereocenters. The summed E-state index contributed by atoms with van der Waals surface area (Å²) < 4.78 is 0. The number of likely N-dealkylation sites (tertiary alicyclic amines) is 1. The number of nitrogens with one attached hydrogen (secondary N) is 1. The van der Waals surface area contributed by atoms with Gasteiger partial charge in [-0.05, 0) is 50.1 Å². The van der Waals surface area contributed by atoms with E-state index >= 15 is 0 Å². The molecule has 3 heterocycles. The first-order valence-corrected chi connectivity index (χ1v) is 11.6. The van der Waals surface area contributed by atoms with Crippen molar-refractivity contribution >= 4 is 11.7 Å². The van der Waals surface area contributed by atoms with Crippen LogP contribution in [-0.2, 0) is 0 Å². The van der Waals surface area contributed by atoms with Gasteiger partial charge in [0, 0.05) is 49.4 Å². The zero-order valence-corrected chi connectivity index (χ0v) is 19.5. The Bertz CT molecular complexity index is 1020. The number of amides is 1. The van der Waals surface area contributed by atoms with Crippen molar-refractivity contribution in [3.63, 3.8) is 0 Å². The van der Waals surface area contributed by atoms with Gasteiger partial charge in [-0.2, -0.15) is 5.26 Å². The van der Waals surface area contributed by atoms with E-state index in [1.807, 2.05) is 26.1 Å². The Kier molecular flexibility index (Phi) is 6.82. The van der Waals surface area contributed by atoms with Gasteiger partial charge in [-0.3, -0.25) is 9.69 Å². The quantitative estimate of drug-likeness (QED) is 0.691. The molecule has 8 heteroatoms. The lowest BCUT2D eigenvalue weighted by atomic mass is 9.82. The minimum absolute atomic E-state index is 0.00683. The topological polar surface area (TPSA) is 95.7 Å². The van der Waals surface area contributed by atoms with Gasteiger partial charge in [0.1, 0.15) is 5.82 Å². The lowest BCUT2D eigenvalue weighted by Crippen LogP contribution is -2.41. The maximum Gasteiger partial charge on any atom is 0.255 e. The predicted octanol–water partition coefficient (Wildman–Crippen LogP) is 3.00. The molecule has 2 aliphatic heterocycles. The van der Waals surface area contributed by atoms with Crippen LogP contribution in [0.4, 0.5) is 5.82 Å². The van der Waals surface area contributed by atoms with Gasteiger partial charge < -0.3 is 10.0 Å². The number of rotatable bonds is 6. The lowest BCUT2D eigenvalue weighted by Gasteiger charge is -2.27. The third-order valence-corrected chi connectivity index (χ3v) is 6.91. The highest BCUT2D eigenvalue weighted by Gasteiger charge is 2.32. The molecule has 0 spiro atoms. The smallest absolute Gasteiger partial charge is 0.255 e. The van der Waals surface area contributed by atoms with Crippen molar-refractivity contribution in [2.24, 2.45) is 11.8 Å². The number of allylic oxidation sites excluding steroid dienone is 4. The minimum Gasteiger partial charge on any atom is -0.493 e. The first kappa shape index (κ1) is 23.0. The van der Waals surface area contributed by atoms with Gasteiger partial charge in [0.15, 0.2) is 0 Å². The second-order valence-corrected chi connectivity index (χ2v) is 9.01. The van der Waals surface area contributed by atoms with Gasteiger partial charge in [-0.1, -0.05) is 26.0 Å². The first-order valence-electron chi connectivity index (χ1n) is 11.6. The van der Waals surface area contributed by atoms with Crippen LogP contribution in [0.1, 0.15) is 37.0 Å². The highest BCUT2D eigenvalue weighted by Crippen LogP contribution is 2.33. The molecule has 0 radical (unpaired) electrons. The van der Waals surface area contributed by atoms with E-state index in [0.29, 0.717) is 36.1 Å². The second kappa shape index (κ2) is 9.77. The Morgan fingerprint density at radius 1 is 1.42 bits per heavy atom. The molecule has 1 aliphatic carbocycles. The van der Waals surface area contributed by atoms with Crippen molar-refractivity contribution in [3.8, 4) is 6.07 Å². The number of carbonyl (C=O) groups is 1. The molecule has 0 aromatic carbocycles. The number of hydrogen-bond donors (Lipinski definition) is 2. The highest BCUT2D eigenvalue weighted by molar-refractivity contribution is 5.94. The van der Waals surface area contributed by atoms with Gasteiger partial charge in [0.2, 0.25) is 5.88 Å². The maximum atomic E-state index is 12.9. The molecule has 8 nitrogen and oxygen atoms in total. The number of aromatic nitrogens is 1. The van der Waals surface area contributed by atoms with Crippen molar-refractivity contribution in [1.82, 2.24) is 20.2 Å². The predicted molar refractivity (Wildman–Crippen MR) is 127 cm³/mol. The van der Waals surface area contributed by atoms with Crippen LogP contribution in [0.15, 0.2) is 53.6 Å². The van der Waals surface area contributed by atoms with Gasteiger partial charge in [-0.15, -0.1) is 0 Å². The fraction of sp³-hybridized carbons (Fsp3) is 0.480. The van der Waals surface area contributed by atoms with Crippen LogP contribution in [0.2, 0.25) is 0 Å². The molecule has 1 fully saturated rings. The normalized spacial score (nSPS) is 25.3. The van der Waals surface area contributed by atoms with Crippen molar-refractivity contribution in [2.75, 3.05) is 38.2 Å². The molecule has 174 valence electrons. The molecule has 0 saturated carbocycles. The number of likely N-dealkylation sites (N-methyl/N-ethyl adjacent to an activating group) is 2. The summed E-state index contributed by atoms with van der Waals surface area (Å²) in [5.74, 6) is 0.709. The number of nitrogens with zero attached hydrogens (tertiary/aromatic N) is 5. The molecule has 0 bridgehead atoms. The molecule has 1 aromatic heterocycles. The van der Waals surface area contributed by atoms with Crippen LogP contribution >= 0.6 is 0 Å². The summed E-state index contributed by atoms with van der Waals surface area (Å²) in [5.41, 5.74) is 5.20. The fourth-order valence-electron chi connectivity index (χ4n) is 5.03. The monoisotopic (exact) mass is 448 g/mol. The van der Waals surface area contributed by atoms with E-state index in [9.17, 15) is 9.90 Å². The Hall–Kier alpha value is -3.15. The molecule has 3 unspecified atom stereocenters. The Morgan fingerprint density at radius 3 is 2.91 bits per heavy atom. The summed E-state index contributed by atoms with van der Waals surface area (Å²) in [5, 5.41) is 21.5. The first-order chi connectivity index (χ1) is 15.9. The average Bonchev–Trinajstić information content (AvgIpc) is 3.44. The number of pyridine rings is 1. The van der Waals surface area contributed by atoms with Crippen LogP contribution in [0.5, 0.6) is 0 Å². The van der Waals surface area contributed by atoms with E-state index in [0.717, 1.165) is 25.1 Å².